The number of hydrogen-bond donors (Lipinski definition) is 1. The fourth-order valence-electron chi connectivity index (χ4n) is 1.70. The number of rotatable bonds is 5. The highest BCUT2D eigenvalue weighted by atomic mass is 19.4. The lowest BCUT2D eigenvalue weighted by molar-refractivity contribution is -0.136. The molecule has 1 rings (SSSR count). The van der Waals surface area contributed by atoms with Crippen molar-refractivity contribution in [2.75, 3.05) is 20.1 Å². The number of nitrogens with zero attached hydrogens (tertiary/aromatic N) is 1. The molecule has 0 aliphatic carbocycles. The summed E-state index contributed by atoms with van der Waals surface area (Å²) in [6.45, 7) is 0.0376. The molecule has 1 amide bonds. The van der Waals surface area contributed by atoms with Gasteiger partial charge in [-0.15, -0.1) is 0 Å². The van der Waals surface area contributed by atoms with E-state index in [-0.39, 0.29) is 6.54 Å². The van der Waals surface area contributed by atoms with Crippen LogP contribution in [-0.4, -0.2) is 37.1 Å². The first kappa shape index (κ1) is 15.5. The molecule has 0 spiro atoms. The molecule has 0 saturated carbocycles. The smallest absolute Gasteiger partial charge is 0.341 e. The lowest BCUT2D eigenvalue weighted by Crippen LogP contribution is -2.31. The van der Waals surface area contributed by atoms with Crippen LogP contribution in [0.3, 0.4) is 0 Å². The van der Waals surface area contributed by atoms with E-state index in [1.165, 1.54) is 7.05 Å². The lowest BCUT2D eigenvalue weighted by atomic mass is 10.0. The van der Waals surface area contributed by atoms with Crippen molar-refractivity contribution in [2.45, 2.75) is 19.0 Å². The van der Waals surface area contributed by atoms with Gasteiger partial charge >= 0.3 is 6.18 Å². The van der Waals surface area contributed by atoms with Crippen LogP contribution in [0, 0.1) is 0 Å². The maximum Gasteiger partial charge on any atom is 0.390 e. The summed E-state index contributed by atoms with van der Waals surface area (Å²) >= 11 is 0. The second-order valence-electron chi connectivity index (χ2n) is 4.29. The summed E-state index contributed by atoms with van der Waals surface area (Å²) in [5.41, 5.74) is 6.62. The second-order valence-corrected chi connectivity index (χ2v) is 4.29. The third-order valence-electron chi connectivity index (χ3n) is 2.74. The normalized spacial score (nSPS) is 11.4. The number of carbonyl (C=O) groups excluding carboxylic acids is 1. The molecule has 106 valence electrons. The molecule has 19 heavy (non-hydrogen) atoms. The quantitative estimate of drug-likeness (QED) is 0.894. The Labute approximate surface area is 110 Å². The molecule has 0 atom stereocenters. The first-order valence-corrected chi connectivity index (χ1v) is 5.95. The van der Waals surface area contributed by atoms with Crippen LogP contribution in [0.5, 0.6) is 0 Å². The van der Waals surface area contributed by atoms with E-state index in [9.17, 15) is 18.0 Å². The van der Waals surface area contributed by atoms with Crippen LogP contribution in [0.2, 0.25) is 0 Å². The van der Waals surface area contributed by atoms with Crippen LogP contribution in [0.4, 0.5) is 13.2 Å². The van der Waals surface area contributed by atoms with Gasteiger partial charge < -0.3 is 10.6 Å². The zero-order valence-corrected chi connectivity index (χ0v) is 10.7. The lowest BCUT2D eigenvalue weighted by Gasteiger charge is -2.19. The van der Waals surface area contributed by atoms with Gasteiger partial charge in [0.15, 0.2) is 0 Å². The van der Waals surface area contributed by atoms with Gasteiger partial charge in [0.1, 0.15) is 0 Å². The second kappa shape index (κ2) is 6.56. The number of benzene rings is 1. The molecule has 0 heterocycles. The molecule has 0 fully saturated rings. The number of carbonyl (C=O) groups is 1. The molecule has 0 aromatic heterocycles. The monoisotopic (exact) mass is 274 g/mol. The van der Waals surface area contributed by atoms with Crippen LogP contribution in [0.25, 0.3) is 0 Å². The minimum atomic E-state index is -4.26. The SMILES string of the molecule is CN(CCC(F)(F)F)C(=O)c1ccccc1CCN. The molecule has 0 saturated heterocycles. The van der Waals surface area contributed by atoms with E-state index in [0.29, 0.717) is 18.5 Å². The van der Waals surface area contributed by atoms with Crippen LogP contribution in [0.15, 0.2) is 24.3 Å². The Hall–Kier alpha value is -1.56. The van der Waals surface area contributed by atoms with Gasteiger partial charge in [-0.1, -0.05) is 18.2 Å². The molecule has 0 bridgehead atoms. The first-order chi connectivity index (χ1) is 8.85. The Morgan fingerprint density at radius 1 is 1.32 bits per heavy atom. The molecule has 0 unspecified atom stereocenters. The predicted octanol–water partition coefficient (Wildman–Crippen LogP) is 2.21. The summed E-state index contributed by atoms with van der Waals surface area (Å²) in [5.74, 6) is -0.409. The highest BCUT2D eigenvalue weighted by Crippen LogP contribution is 2.20. The van der Waals surface area contributed by atoms with Gasteiger partial charge in [0.05, 0.1) is 6.42 Å². The molecule has 0 aliphatic heterocycles. The Morgan fingerprint density at radius 3 is 2.53 bits per heavy atom. The van der Waals surface area contributed by atoms with E-state index in [0.717, 1.165) is 10.5 Å². The number of amides is 1. The molecule has 6 heteroatoms. The van der Waals surface area contributed by atoms with Crippen LogP contribution in [0.1, 0.15) is 22.3 Å². The van der Waals surface area contributed by atoms with Crippen molar-refractivity contribution >= 4 is 5.91 Å². The van der Waals surface area contributed by atoms with Gasteiger partial charge in [-0.2, -0.15) is 13.2 Å². The Morgan fingerprint density at radius 2 is 1.95 bits per heavy atom. The van der Waals surface area contributed by atoms with E-state index in [1.54, 1.807) is 24.3 Å². The van der Waals surface area contributed by atoms with E-state index < -0.39 is 18.5 Å². The molecule has 1 aromatic carbocycles. The standard InChI is InChI=1S/C13H17F3N2O/c1-18(9-7-13(14,15)16)12(19)11-5-3-2-4-10(11)6-8-17/h2-5H,6-9,17H2,1H3. The Balaban J connectivity index is 2.76. The van der Waals surface area contributed by atoms with Gasteiger partial charge in [-0.3, -0.25) is 4.79 Å². The van der Waals surface area contributed by atoms with E-state index in [2.05, 4.69) is 0 Å². The number of halogens is 3. The van der Waals surface area contributed by atoms with E-state index in [1.807, 2.05) is 0 Å². The maximum atomic E-state index is 12.1. The van der Waals surface area contributed by atoms with Crippen molar-refractivity contribution in [3.63, 3.8) is 0 Å². The van der Waals surface area contributed by atoms with Crippen LogP contribution >= 0.6 is 0 Å². The fourth-order valence-corrected chi connectivity index (χ4v) is 1.70. The summed E-state index contributed by atoms with van der Waals surface area (Å²) in [6.07, 6.45) is -4.74. The summed E-state index contributed by atoms with van der Waals surface area (Å²) in [4.78, 5) is 13.2. The average Bonchev–Trinajstić information content (AvgIpc) is 2.35. The van der Waals surface area contributed by atoms with Gasteiger partial charge in [0.2, 0.25) is 0 Å². The molecule has 0 aliphatic rings. The van der Waals surface area contributed by atoms with E-state index >= 15 is 0 Å². The number of hydrogen-bond acceptors (Lipinski definition) is 2. The molecule has 0 radical (unpaired) electrons. The topological polar surface area (TPSA) is 46.3 Å². The molecular weight excluding hydrogens is 257 g/mol. The Bertz CT molecular complexity index is 432. The van der Waals surface area contributed by atoms with Gasteiger partial charge in [-0.05, 0) is 24.6 Å². The third kappa shape index (κ3) is 4.90. The highest BCUT2D eigenvalue weighted by molar-refractivity contribution is 5.95. The molecule has 2 N–H and O–H groups in total. The number of alkyl halides is 3. The zero-order valence-electron chi connectivity index (χ0n) is 10.7. The first-order valence-electron chi connectivity index (χ1n) is 5.95. The number of nitrogens with two attached hydrogens (primary N) is 1. The summed E-state index contributed by atoms with van der Waals surface area (Å²) in [7, 11) is 1.37. The van der Waals surface area contributed by atoms with Gasteiger partial charge in [0, 0.05) is 19.2 Å². The van der Waals surface area contributed by atoms with Crippen molar-refractivity contribution in [1.82, 2.24) is 4.90 Å². The maximum absolute atomic E-state index is 12.1. The third-order valence-corrected chi connectivity index (χ3v) is 2.74. The molecule has 3 nitrogen and oxygen atoms in total. The van der Waals surface area contributed by atoms with Crippen molar-refractivity contribution in [1.29, 1.82) is 0 Å². The minimum Gasteiger partial charge on any atom is -0.341 e. The van der Waals surface area contributed by atoms with Gasteiger partial charge in [0.25, 0.3) is 5.91 Å². The molecular formula is C13H17F3N2O. The minimum absolute atomic E-state index is 0.348. The zero-order chi connectivity index (χ0) is 14.5. The van der Waals surface area contributed by atoms with Crippen molar-refractivity contribution < 1.29 is 18.0 Å². The highest BCUT2D eigenvalue weighted by Gasteiger charge is 2.28. The largest absolute Gasteiger partial charge is 0.390 e. The summed E-state index contributed by atoms with van der Waals surface area (Å²) in [5, 5.41) is 0. The van der Waals surface area contributed by atoms with Crippen molar-refractivity contribution in [3.05, 3.63) is 35.4 Å². The van der Waals surface area contributed by atoms with E-state index in [4.69, 9.17) is 5.73 Å². The molecule has 1 aromatic rings. The van der Waals surface area contributed by atoms with Crippen molar-refractivity contribution in [3.8, 4) is 0 Å². The average molecular weight is 274 g/mol. The van der Waals surface area contributed by atoms with Crippen molar-refractivity contribution in [2.24, 2.45) is 5.73 Å². The fraction of sp³-hybridized carbons (Fsp3) is 0.462. The summed E-state index contributed by atoms with van der Waals surface area (Å²) < 4.78 is 36.4. The van der Waals surface area contributed by atoms with Gasteiger partial charge in [-0.25, -0.2) is 0 Å². The predicted molar refractivity (Wildman–Crippen MR) is 66.8 cm³/mol. The van der Waals surface area contributed by atoms with Crippen LogP contribution in [-0.2, 0) is 6.42 Å². The van der Waals surface area contributed by atoms with Crippen LogP contribution < -0.4 is 5.73 Å². The summed E-state index contributed by atoms with van der Waals surface area (Å²) in [6, 6.07) is 6.83. The Kier molecular flexibility index (Phi) is 5.35.